The molecule has 0 amide bonds. The minimum Gasteiger partial charge on any atom is -0.507 e. The van der Waals surface area contributed by atoms with Crippen molar-refractivity contribution in [3.63, 3.8) is 0 Å². The van der Waals surface area contributed by atoms with Crippen LogP contribution in [0.4, 0.5) is 5.69 Å². The predicted octanol–water partition coefficient (Wildman–Crippen LogP) is 4.62. The molecule has 1 aliphatic heterocycles. The van der Waals surface area contributed by atoms with Crippen molar-refractivity contribution in [3.8, 4) is 23.3 Å². The number of pyridine rings is 1. The lowest BCUT2D eigenvalue weighted by Gasteiger charge is -2.33. The second-order valence-electron chi connectivity index (χ2n) is 8.54. The van der Waals surface area contributed by atoms with Crippen molar-refractivity contribution in [3.05, 3.63) is 68.2 Å². The zero-order valence-electron chi connectivity index (χ0n) is 18.7. The molecule has 0 bridgehead atoms. The number of halogens is 1. The Morgan fingerprint density at radius 3 is 2.65 bits per heavy atom. The molecule has 1 aliphatic rings. The van der Waals surface area contributed by atoms with Crippen molar-refractivity contribution in [1.82, 2.24) is 14.8 Å². The van der Waals surface area contributed by atoms with E-state index in [-0.39, 0.29) is 22.8 Å². The van der Waals surface area contributed by atoms with E-state index in [0.29, 0.717) is 40.5 Å². The Bertz CT molecular complexity index is 1510. The van der Waals surface area contributed by atoms with E-state index in [1.807, 2.05) is 31.2 Å². The van der Waals surface area contributed by atoms with E-state index in [0.717, 1.165) is 29.4 Å². The average molecular weight is 520 g/mol. The maximum Gasteiger partial charge on any atom is 0.270 e. The lowest BCUT2D eigenvalue weighted by atomic mass is 9.95. The molecule has 0 unspecified atom stereocenters. The van der Waals surface area contributed by atoms with Crippen LogP contribution >= 0.6 is 15.9 Å². The molecule has 2 aromatic heterocycles. The smallest absolute Gasteiger partial charge is 0.270 e. The second-order valence-corrected chi connectivity index (χ2v) is 9.40. The summed E-state index contributed by atoms with van der Waals surface area (Å²) in [5.74, 6) is 1.27. The Kier molecular flexibility index (Phi) is 5.62. The van der Waals surface area contributed by atoms with E-state index in [9.17, 15) is 15.2 Å². The summed E-state index contributed by atoms with van der Waals surface area (Å²) >= 11 is 3.36. The Hall–Kier alpha value is -3.64. The molecule has 1 N–H and O–H groups in total. The van der Waals surface area contributed by atoms with Crippen molar-refractivity contribution in [2.75, 3.05) is 18.0 Å². The Morgan fingerprint density at radius 2 is 1.94 bits per heavy atom. The molecule has 8 nitrogen and oxygen atoms in total. The van der Waals surface area contributed by atoms with E-state index < -0.39 is 0 Å². The number of hydrogen-bond donors (Lipinski definition) is 1. The number of phenols is 1. The summed E-state index contributed by atoms with van der Waals surface area (Å²) in [7, 11) is 1.61. The van der Waals surface area contributed by atoms with Gasteiger partial charge in [-0.2, -0.15) is 5.26 Å². The van der Waals surface area contributed by atoms with Crippen LogP contribution in [0.25, 0.3) is 22.4 Å². The topological polar surface area (TPSA) is 108 Å². The third kappa shape index (κ3) is 3.64. The Labute approximate surface area is 204 Å². The molecule has 0 radical (unpaired) electrons. The number of nitriles is 1. The van der Waals surface area contributed by atoms with Crippen LogP contribution in [0, 0.1) is 18.3 Å². The van der Waals surface area contributed by atoms with Gasteiger partial charge in [0.2, 0.25) is 11.8 Å². The molecule has 1 fully saturated rings. The number of aromatic hydroxyl groups is 1. The van der Waals surface area contributed by atoms with Gasteiger partial charge in [-0.05, 0) is 53.4 Å². The van der Waals surface area contributed by atoms with Crippen LogP contribution in [0.15, 0.2) is 50.1 Å². The molecule has 172 valence electrons. The van der Waals surface area contributed by atoms with Crippen molar-refractivity contribution in [2.45, 2.75) is 25.7 Å². The number of anilines is 1. The van der Waals surface area contributed by atoms with E-state index in [2.05, 4.69) is 37.1 Å². The first-order chi connectivity index (χ1) is 16.4. The van der Waals surface area contributed by atoms with E-state index >= 15 is 0 Å². The molecule has 0 atom stereocenters. The van der Waals surface area contributed by atoms with Gasteiger partial charge in [0, 0.05) is 43.1 Å². The van der Waals surface area contributed by atoms with Crippen molar-refractivity contribution >= 4 is 32.5 Å². The van der Waals surface area contributed by atoms with Gasteiger partial charge in [0.15, 0.2) is 0 Å². The normalized spacial score (nSPS) is 14.5. The summed E-state index contributed by atoms with van der Waals surface area (Å²) in [6.45, 7) is 3.27. The zero-order chi connectivity index (χ0) is 24.0. The highest BCUT2D eigenvalue weighted by atomic mass is 79.9. The SMILES string of the molecule is Cc1ccccc1-c1nnc(C2CCN(c3c(C#N)c(=O)n(C)c4cc(O)c(Br)cc34)CC2)o1. The molecule has 4 aromatic rings. The fourth-order valence-corrected chi connectivity index (χ4v) is 4.97. The van der Waals surface area contributed by atoms with Gasteiger partial charge in [-0.1, -0.05) is 18.2 Å². The molecule has 2 aromatic carbocycles. The van der Waals surface area contributed by atoms with E-state index in [1.54, 1.807) is 19.2 Å². The maximum atomic E-state index is 12.9. The van der Waals surface area contributed by atoms with Gasteiger partial charge < -0.3 is 19.0 Å². The first-order valence-corrected chi connectivity index (χ1v) is 11.8. The first-order valence-electron chi connectivity index (χ1n) is 11.0. The number of aryl methyl sites for hydroxylation is 2. The van der Waals surface area contributed by atoms with Gasteiger partial charge in [0.05, 0.1) is 15.7 Å². The highest BCUT2D eigenvalue weighted by Crippen LogP contribution is 2.38. The average Bonchev–Trinajstić information content (AvgIpc) is 3.33. The third-order valence-corrected chi connectivity index (χ3v) is 7.16. The minimum atomic E-state index is -0.381. The van der Waals surface area contributed by atoms with Gasteiger partial charge in [-0.3, -0.25) is 4.79 Å². The number of rotatable bonds is 3. The minimum absolute atomic E-state index is 0.0396. The number of hydrogen-bond acceptors (Lipinski definition) is 7. The van der Waals surface area contributed by atoms with Crippen molar-refractivity contribution < 1.29 is 9.52 Å². The number of aromatic nitrogens is 3. The first kappa shape index (κ1) is 22.2. The van der Waals surface area contributed by atoms with E-state index in [4.69, 9.17) is 4.42 Å². The Balaban J connectivity index is 1.46. The number of phenolic OH excluding ortho intramolecular Hbond substituents is 1. The lowest BCUT2D eigenvalue weighted by Crippen LogP contribution is -2.35. The predicted molar refractivity (Wildman–Crippen MR) is 132 cm³/mol. The zero-order valence-corrected chi connectivity index (χ0v) is 20.3. The van der Waals surface area contributed by atoms with Crippen LogP contribution in [0.5, 0.6) is 5.75 Å². The van der Waals surface area contributed by atoms with Gasteiger partial charge >= 0.3 is 0 Å². The molecule has 5 rings (SSSR count). The highest BCUT2D eigenvalue weighted by Gasteiger charge is 2.29. The second kappa shape index (κ2) is 8.61. The number of benzene rings is 2. The quantitative estimate of drug-likeness (QED) is 0.420. The number of nitrogens with zero attached hydrogens (tertiary/aromatic N) is 5. The van der Waals surface area contributed by atoms with Crippen LogP contribution in [-0.2, 0) is 7.05 Å². The summed E-state index contributed by atoms with van der Waals surface area (Å²) < 4.78 is 7.94. The molecule has 0 spiro atoms. The summed E-state index contributed by atoms with van der Waals surface area (Å²) in [6.07, 6.45) is 1.49. The van der Waals surface area contributed by atoms with Gasteiger partial charge in [-0.15, -0.1) is 10.2 Å². The van der Waals surface area contributed by atoms with Crippen LogP contribution in [0.2, 0.25) is 0 Å². The standard InChI is InChI=1S/C25H22BrN5O3/c1-14-5-3-4-6-16(14)24-29-28-23(34-24)15-7-9-31(10-8-15)22-17-11-19(26)21(32)12-20(17)30(2)25(33)18(22)13-27/h3-6,11-12,15,32H,7-10H2,1-2H3. The third-order valence-electron chi connectivity index (χ3n) is 6.53. The molecule has 0 aliphatic carbocycles. The lowest BCUT2D eigenvalue weighted by molar-refractivity contribution is 0.398. The largest absolute Gasteiger partial charge is 0.507 e. The van der Waals surface area contributed by atoms with Gasteiger partial charge in [0.25, 0.3) is 5.56 Å². The summed E-state index contributed by atoms with van der Waals surface area (Å²) in [5.41, 5.74) is 2.90. The molecular formula is C25H22BrN5O3. The van der Waals surface area contributed by atoms with Crippen LogP contribution in [-0.4, -0.2) is 33.0 Å². The molecule has 0 saturated carbocycles. The molecule has 9 heteroatoms. The highest BCUT2D eigenvalue weighted by molar-refractivity contribution is 9.10. The molecule has 1 saturated heterocycles. The van der Waals surface area contributed by atoms with Gasteiger partial charge in [-0.25, -0.2) is 0 Å². The summed E-state index contributed by atoms with van der Waals surface area (Å²) in [4.78, 5) is 15.0. The number of fused-ring (bicyclic) bond motifs is 1. The Morgan fingerprint density at radius 1 is 1.21 bits per heavy atom. The summed E-state index contributed by atoms with van der Waals surface area (Å²) in [5, 5.41) is 29.3. The summed E-state index contributed by atoms with van der Waals surface area (Å²) in [6, 6.07) is 13.3. The number of piperidine rings is 1. The monoisotopic (exact) mass is 519 g/mol. The van der Waals surface area contributed by atoms with Crippen LogP contribution < -0.4 is 10.5 Å². The fourth-order valence-electron chi connectivity index (χ4n) is 4.63. The molecular weight excluding hydrogens is 498 g/mol. The van der Waals surface area contributed by atoms with Crippen LogP contribution in [0.1, 0.15) is 35.8 Å². The van der Waals surface area contributed by atoms with Crippen LogP contribution in [0.3, 0.4) is 0 Å². The maximum absolute atomic E-state index is 12.9. The van der Waals surface area contributed by atoms with E-state index in [1.165, 1.54) is 4.57 Å². The van der Waals surface area contributed by atoms with Crippen molar-refractivity contribution in [1.29, 1.82) is 5.26 Å². The fraction of sp³-hybridized carbons (Fsp3) is 0.280. The molecule has 3 heterocycles. The van der Waals surface area contributed by atoms with Crippen molar-refractivity contribution in [2.24, 2.45) is 7.05 Å². The molecule has 34 heavy (non-hydrogen) atoms. The van der Waals surface area contributed by atoms with Gasteiger partial charge in [0.1, 0.15) is 17.4 Å².